The van der Waals surface area contributed by atoms with Crippen LogP contribution in [0.3, 0.4) is 0 Å². The highest BCUT2D eigenvalue weighted by molar-refractivity contribution is 7.92. The maximum Gasteiger partial charge on any atom is 0.262 e. The SMILES string of the molecule is O=C(C=Cc1ccc(O)c(O)c1)c1ccc(NS(=O)(=O)c2cccc(O)c2)cc1. The standard InChI is InChI=1S/C21H17NO6S/c23-17-2-1-3-18(13-17)29(27,28)22-16-8-6-15(7-9-16)19(24)10-4-14-5-11-20(25)21(26)12-14/h1-13,22-23,25-26H. The van der Waals surface area contributed by atoms with Gasteiger partial charge in [0.2, 0.25) is 0 Å². The molecule has 0 aliphatic rings. The van der Waals surface area contributed by atoms with E-state index in [0.717, 1.165) is 6.07 Å². The number of phenolic OH excluding ortho intramolecular Hbond substituents is 3. The van der Waals surface area contributed by atoms with Crippen LogP contribution in [-0.4, -0.2) is 29.5 Å². The average Bonchev–Trinajstić information content (AvgIpc) is 2.69. The van der Waals surface area contributed by atoms with E-state index in [0.29, 0.717) is 11.1 Å². The minimum absolute atomic E-state index is 0.0854. The van der Waals surface area contributed by atoms with Crippen molar-refractivity contribution in [3.63, 3.8) is 0 Å². The average molecular weight is 411 g/mol. The van der Waals surface area contributed by atoms with Crippen LogP contribution in [0.25, 0.3) is 6.08 Å². The summed E-state index contributed by atoms with van der Waals surface area (Å²) >= 11 is 0. The van der Waals surface area contributed by atoms with E-state index in [9.17, 15) is 28.5 Å². The van der Waals surface area contributed by atoms with Crippen molar-refractivity contribution >= 4 is 27.6 Å². The van der Waals surface area contributed by atoms with Gasteiger partial charge in [0.25, 0.3) is 10.0 Å². The van der Waals surface area contributed by atoms with Crippen LogP contribution in [0.2, 0.25) is 0 Å². The van der Waals surface area contributed by atoms with Crippen LogP contribution >= 0.6 is 0 Å². The molecule has 0 aliphatic heterocycles. The first kappa shape index (κ1) is 20.0. The first-order valence-electron chi connectivity index (χ1n) is 8.41. The number of nitrogens with one attached hydrogen (secondary N) is 1. The van der Waals surface area contributed by atoms with Crippen molar-refractivity contribution in [2.45, 2.75) is 4.90 Å². The number of sulfonamides is 1. The van der Waals surface area contributed by atoms with Gasteiger partial charge in [-0.25, -0.2) is 8.42 Å². The van der Waals surface area contributed by atoms with Gasteiger partial charge in [0.05, 0.1) is 4.90 Å². The van der Waals surface area contributed by atoms with Gasteiger partial charge in [-0.15, -0.1) is 0 Å². The number of ketones is 1. The fourth-order valence-corrected chi connectivity index (χ4v) is 3.58. The molecule has 7 nitrogen and oxygen atoms in total. The molecule has 0 aromatic heterocycles. The van der Waals surface area contributed by atoms with E-state index in [1.807, 2.05) is 0 Å². The Kier molecular flexibility index (Phi) is 5.56. The van der Waals surface area contributed by atoms with Crippen molar-refractivity contribution in [2.24, 2.45) is 0 Å². The lowest BCUT2D eigenvalue weighted by molar-refractivity contribution is 0.104. The number of carbonyl (C=O) groups is 1. The van der Waals surface area contributed by atoms with Gasteiger partial charge in [0, 0.05) is 17.3 Å². The van der Waals surface area contributed by atoms with Crippen molar-refractivity contribution in [2.75, 3.05) is 4.72 Å². The molecule has 0 atom stereocenters. The van der Waals surface area contributed by atoms with Gasteiger partial charge in [0.1, 0.15) is 5.75 Å². The summed E-state index contributed by atoms with van der Waals surface area (Å²) in [7, 11) is -3.88. The Labute approximate surface area is 167 Å². The summed E-state index contributed by atoms with van der Waals surface area (Å²) in [5, 5.41) is 28.2. The van der Waals surface area contributed by atoms with Gasteiger partial charge in [0.15, 0.2) is 17.3 Å². The monoisotopic (exact) mass is 411 g/mol. The Morgan fingerprint density at radius 3 is 2.24 bits per heavy atom. The van der Waals surface area contributed by atoms with Crippen LogP contribution < -0.4 is 4.72 Å². The van der Waals surface area contributed by atoms with E-state index >= 15 is 0 Å². The zero-order valence-corrected chi connectivity index (χ0v) is 15.8. The zero-order chi connectivity index (χ0) is 21.0. The largest absolute Gasteiger partial charge is 0.508 e. The predicted molar refractivity (Wildman–Crippen MR) is 108 cm³/mol. The first-order valence-corrected chi connectivity index (χ1v) is 9.89. The molecule has 0 heterocycles. The smallest absolute Gasteiger partial charge is 0.262 e. The lowest BCUT2D eigenvalue weighted by Gasteiger charge is -2.08. The predicted octanol–water partition coefficient (Wildman–Crippen LogP) is 3.50. The third kappa shape index (κ3) is 4.94. The van der Waals surface area contributed by atoms with Gasteiger partial charge < -0.3 is 15.3 Å². The van der Waals surface area contributed by atoms with Gasteiger partial charge in [-0.1, -0.05) is 18.2 Å². The Balaban J connectivity index is 1.71. The van der Waals surface area contributed by atoms with Crippen LogP contribution in [0.4, 0.5) is 5.69 Å². The molecule has 0 aliphatic carbocycles. The van der Waals surface area contributed by atoms with Gasteiger partial charge in [-0.3, -0.25) is 9.52 Å². The lowest BCUT2D eigenvalue weighted by atomic mass is 10.1. The molecule has 3 rings (SSSR count). The van der Waals surface area contributed by atoms with Crippen molar-refractivity contribution in [1.29, 1.82) is 0 Å². The summed E-state index contributed by atoms with van der Waals surface area (Å²) in [6.45, 7) is 0. The van der Waals surface area contributed by atoms with Crippen molar-refractivity contribution in [3.8, 4) is 17.2 Å². The molecule has 0 spiro atoms. The van der Waals surface area contributed by atoms with Crippen molar-refractivity contribution < 1.29 is 28.5 Å². The maximum absolute atomic E-state index is 12.3. The highest BCUT2D eigenvalue weighted by Crippen LogP contribution is 2.25. The second kappa shape index (κ2) is 8.07. The Morgan fingerprint density at radius 2 is 1.59 bits per heavy atom. The highest BCUT2D eigenvalue weighted by Gasteiger charge is 2.15. The summed E-state index contributed by atoms with van der Waals surface area (Å²) in [4.78, 5) is 12.2. The summed E-state index contributed by atoms with van der Waals surface area (Å²) in [5.41, 5.74) is 1.13. The number of hydrogen-bond acceptors (Lipinski definition) is 6. The molecule has 0 amide bonds. The van der Waals surface area contributed by atoms with E-state index < -0.39 is 10.0 Å². The third-order valence-electron chi connectivity index (χ3n) is 3.98. The summed E-state index contributed by atoms with van der Waals surface area (Å²) in [5.74, 6) is -1.03. The quantitative estimate of drug-likeness (QED) is 0.280. The van der Waals surface area contributed by atoms with Crippen LogP contribution in [0.5, 0.6) is 17.2 Å². The number of carbonyl (C=O) groups excluding carboxylic acids is 1. The minimum atomic E-state index is -3.88. The summed E-state index contributed by atoms with van der Waals surface area (Å²) < 4.78 is 27.1. The molecule has 4 N–H and O–H groups in total. The number of phenols is 3. The number of anilines is 1. The molecule has 0 fully saturated rings. The molecule has 0 saturated carbocycles. The number of allylic oxidation sites excluding steroid dienone is 1. The molecule has 0 radical (unpaired) electrons. The molecular formula is C21H17NO6S. The van der Waals surface area contributed by atoms with Crippen LogP contribution in [0, 0.1) is 0 Å². The molecule has 8 heteroatoms. The third-order valence-corrected chi connectivity index (χ3v) is 5.36. The molecule has 3 aromatic rings. The van der Waals surface area contributed by atoms with E-state index in [2.05, 4.69) is 4.72 Å². The van der Waals surface area contributed by atoms with Crippen molar-refractivity contribution in [1.82, 2.24) is 0 Å². The van der Waals surface area contributed by atoms with E-state index in [1.165, 1.54) is 72.8 Å². The number of hydrogen-bond donors (Lipinski definition) is 4. The minimum Gasteiger partial charge on any atom is -0.508 e. The Bertz CT molecular complexity index is 1180. The van der Waals surface area contributed by atoms with Gasteiger partial charge in [-0.05, 0) is 60.2 Å². The van der Waals surface area contributed by atoms with Crippen LogP contribution in [-0.2, 0) is 10.0 Å². The van der Waals surface area contributed by atoms with Crippen LogP contribution in [0.15, 0.2) is 77.7 Å². The van der Waals surface area contributed by atoms with Gasteiger partial charge >= 0.3 is 0 Å². The van der Waals surface area contributed by atoms with Crippen molar-refractivity contribution in [3.05, 3.63) is 83.9 Å². The number of rotatable bonds is 6. The molecule has 0 bridgehead atoms. The Morgan fingerprint density at radius 1 is 0.862 bits per heavy atom. The summed E-state index contributed by atoms with van der Waals surface area (Å²) in [6.07, 6.45) is 2.79. The molecule has 3 aromatic carbocycles. The normalized spacial score (nSPS) is 11.4. The zero-order valence-electron chi connectivity index (χ0n) is 15.0. The second-order valence-electron chi connectivity index (χ2n) is 6.13. The fraction of sp³-hybridized carbons (Fsp3) is 0. The molecule has 29 heavy (non-hydrogen) atoms. The van der Waals surface area contributed by atoms with E-state index in [-0.39, 0.29) is 33.6 Å². The molecule has 148 valence electrons. The fourth-order valence-electron chi connectivity index (χ4n) is 2.48. The van der Waals surface area contributed by atoms with E-state index in [4.69, 9.17) is 0 Å². The molecule has 0 unspecified atom stereocenters. The highest BCUT2D eigenvalue weighted by atomic mass is 32.2. The van der Waals surface area contributed by atoms with E-state index in [1.54, 1.807) is 0 Å². The topological polar surface area (TPSA) is 124 Å². The Hall–Kier alpha value is -3.78. The molecule has 0 saturated heterocycles. The van der Waals surface area contributed by atoms with Gasteiger partial charge in [-0.2, -0.15) is 0 Å². The summed E-state index contributed by atoms with van der Waals surface area (Å²) in [6, 6.07) is 15.3. The second-order valence-corrected chi connectivity index (χ2v) is 7.81. The number of benzene rings is 3. The van der Waals surface area contributed by atoms with Crippen LogP contribution in [0.1, 0.15) is 15.9 Å². The molecular weight excluding hydrogens is 394 g/mol. The first-order chi connectivity index (χ1) is 13.7. The lowest BCUT2D eigenvalue weighted by Crippen LogP contribution is -2.12. The maximum atomic E-state index is 12.3. The number of aromatic hydroxyl groups is 3.